The molecule has 41 heavy (non-hydrogen) atoms. The lowest BCUT2D eigenvalue weighted by atomic mass is 9.92. The average Bonchev–Trinajstić information content (AvgIpc) is 3.39. The Morgan fingerprint density at radius 1 is 1.00 bits per heavy atom. The van der Waals surface area contributed by atoms with Crippen LogP contribution in [0.4, 0.5) is 5.69 Å². The molecular formula is C33H32N4O4. The number of aromatic carboxylic acids is 1. The number of amidine groups is 1. The van der Waals surface area contributed by atoms with Crippen molar-refractivity contribution in [3.63, 3.8) is 0 Å². The number of carbonyl (C=O) groups is 2. The highest BCUT2D eigenvalue weighted by atomic mass is 16.5. The second kappa shape index (κ2) is 11.6. The minimum absolute atomic E-state index is 0.0321. The zero-order valence-corrected chi connectivity index (χ0v) is 23.0. The Balaban J connectivity index is 1.53. The van der Waals surface area contributed by atoms with Gasteiger partial charge in [-0.2, -0.15) is 0 Å². The summed E-state index contributed by atoms with van der Waals surface area (Å²) >= 11 is 0. The van der Waals surface area contributed by atoms with Crippen molar-refractivity contribution in [2.24, 2.45) is 5.73 Å². The SMILES string of the molecule is COc1ccc(-c2cc(C(=O)N[C@@H](C)c3ccccc3)ccc2CN2CCc3cc(C(=N)N)ccc32)c(C(=O)O)c1. The molecule has 0 spiro atoms. The quantitative estimate of drug-likeness (QED) is 0.164. The number of carboxylic acids is 1. The van der Waals surface area contributed by atoms with Crippen LogP contribution in [0.5, 0.6) is 5.75 Å². The number of nitrogens with two attached hydrogens (primary N) is 1. The summed E-state index contributed by atoms with van der Waals surface area (Å²) in [5.74, 6) is -0.860. The molecule has 1 heterocycles. The Bertz CT molecular complexity index is 1630. The standard InChI is InChI=1S/C33H32N4O4/c1-20(21-6-4-3-5-7-21)36-32(38)24-8-9-25(19-37-15-14-22-16-23(31(34)35)10-13-30(22)37)28(17-24)27-12-11-26(41-2)18-29(27)33(39)40/h3-13,16-18,20H,14-15,19H2,1-2H3,(H3,34,35)(H,36,38)(H,39,40)/t20-/m0/s1. The van der Waals surface area contributed by atoms with Gasteiger partial charge in [0.25, 0.3) is 5.91 Å². The topological polar surface area (TPSA) is 129 Å². The second-order valence-corrected chi connectivity index (χ2v) is 10.1. The molecule has 1 aliphatic heterocycles. The maximum absolute atomic E-state index is 13.4. The lowest BCUT2D eigenvalue weighted by molar-refractivity contribution is 0.0697. The van der Waals surface area contributed by atoms with Gasteiger partial charge in [-0.05, 0) is 89.7 Å². The zero-order chi connectivity index (χ0) is 29.1. The predicted molar refractivity (Wildman–Crippen MR) is 160 cm³/mol. The molecule has 0 fully saturated rings. The number of fused-ring (bicyclic) bond motifs is 1. The molecule has 5 N–H and O–H groups in total. The Morgan fingerprint density at radius 2 is 1.76 bits per heavy atom. The van der Waals surface area contributed by atoms with Gasteiger partial charge >= 0.3 is 5.97 Å². The number of methoxy groups -OCH3 is 1. The van der Waals surface area contributed by atoms with Gasteiger partial charge in [0.2, 0.25) is 0 Å². The highest BCUT2D eigenvalue weighted by Crippen LogP contribution is 2.35. The van der Waals surface area contributed by atoms with Crippen molar-refractivity contribution in [1.82, 2.24) is 5.32 Å². The fourth-order valence-corrected chi connectivity index (χ4v) is 5.28. The summed E-state index contributed by atoms with van der Waals surface area (Å²) in [6, 6.07) is 25.7. The minimum Gasteiger partial charge on any atom is -0.497 e. The Labute approximate surface area is 238 Å². The Hall–Kier alpha value is -5.11. The van der Waals surface area contributed by atoms with Crippen molar-refractivity contribution in [1.29, 1.82) is 5.41 Å². The van der Waals surface area contributed by atoms with Crippen LogP contribution in [0.3, 0.4) is 0 Å². The van der Waals surface area contributed by atoms with Crippen LogP contribution < -0.4 is 20.7 Å². The van der Waals surface area contributed by atoms with Crippen molar-refractivity contribution >= 4 is 23.4 Å². The molecular weight excluding hydrogens is 516 g/mol. The van der Waals surface area contributed by atoms with Crippen LogP contribution in [0, 0.1) is 5.41 Å². The van der Waals surface area contributed by atoms with E-state index in [1.165, 1.54) is 13.2 Å². The van der Waals surface area contributed by atoms with Gasteiger partial charge in [-0.15, -0.1) is 0 Å². The van der Waals surface area contributed by atoms with Crippen LogP contribution in [0.25, 0.3) is 11.1 Å². The number of ether oxygens (including phenoxy) is 1. The molecule has 0 saturated heterocycles. The third-order valence-electron chi connectivity index (χ3n) is 7.51. The van der Waals surface area contributed by atoms with Gasteiger partial charge in [-0.25, -0.2) is 4.79 Å². The predicted octanol–water partition coefficient (Wildman–Crippen LogP) is 5.40. The molecule has 4 aromatic carbocycles. The van der Waals surface area contributed by atoms with Crippen molar-refractivity contribution in [3.05, 3.63) is 118 Å². The molecule has 0 radical (unpaired) electrons. The number of carbonyl (C=O) groups excluding carboxylic acids is 1. The molecule has 4 aromatic rings. The van der Waals surface area contributed by atoms with E-state index in [1.807, 2.05) is 61.5 Å². The number of hydrogen-bond acceptors (Lipinski definition) is 5. The van der Waals surface area contributed by atoms with Crippen LogP contribution in [0.15, 0.2) is 84.9 Å². The highest BCUT2D eigenvalue weighted by molar-refractivity contribution is 6.00. The Kier molecular flexibility index (Phi) is 7.74. The van der Waals surface area contributed by atoms with E-state index in [9.17, 15) is 14.7 Å². The van der Waals surface area contributed by atoms with Gasteiger partial charge in [0.05, 0.1) is 18.7 Å². The molecule has 0 unspecified atom stereocenters. The first-order valence-electron chi connectivity index (χ1n) is 13.4. The minimum atomic E-state index is -1.08. The van der Waals surface area contributed by atoms with Gasteiger partial charge < -0.3 is 25.8 Å². The van der Waals surface area contributed by atoms with Crippen LogP contribution in [-0.2, 0) is 13.0 Å². The fraction of sp³-hybridized carbons (Fsp3) is 0.182. The fourth-order valence-electron chi connectivity index (χ4n) is 5.28. The molecule has 0 saturated carbocycles. The molecule has 5 rings (SSSR count). The van der Waals surface area contributed by atoms with E-state index in [4.69, 9.17) is 15.9 Å². The number of carboxylic acid groups (broad SMARTS) is 1. The van der Waals surface area contributed by atoms with Gasteiger partial charge in [-0.1, -0.05) is 36.4 Å². The molecule has 0 aliphatic carbocycles. The van der Waals surface area contributed by atoms with E-state index in [0.717, 1.165) is 35.3 Å². The second-order valence-electron chi connectivity index (χ2n) is 10.1. The Morgan fingerprint density at radius 3 is 2.46 bits per heavy atom. The third-order valence-corrected chi connectivity index (χ3v) is 7.51. The summed E-state index contributed by atoms with van der Waals surface area (Å²) in [7, 11) is 1.49. The normalized spacial score (nSPS) is 12.9. The van der Waals surface area contributed by atoms with Crippen molar-refractivity contribution in [2.45, 2.75) is 25.9 Å². The van der Waals surface area contributed by atoms with Gasteiger partial charge in [-0.3, -0.25) is 10.2 Å². The van der Waals surface area contributed by atoms with Crippen LogP contribution >= 0.6 is 0 Å². The molecule has 0 bridgehead atoms. The van der Waals surface area contributed by atoms with E-state index in [2.05, 4.69) is 10.2 Å². The van der Waals surface area contributed by atoms with Gasteiger partial charge in [0, 0.05) is 29.9 Å². The molecule has 0 aromatic heterocycles. The highest BCUT2D eigenvalue weighted by Gasteiger charge is 2.24. The van der Waals surface area contributed by atoms with Crippen molar-refractivity contribution in [3.8, 4) is 16.9 Å². The molecule has 8 heteroatoms. The first-order valence-corrected chi connectivity index (χ1v) is 13.4. The molecule has 208 valence electrons. The maximum Gasteiger partial charge on any atom is 0.336 e. The summed E-state index contributed by atoms with van der Waals surface area (Å²) in [5.41, 5.74) is 12.1. The number of anilines is 1. The van der Waals surface area contributed by atoms with E-state index < -0.39 is 5.97 Å². The van der Waals surface area contributed by atoms with Crippen molar-refractivity contribution < 1.29 is 19.4 Å². The third kappa shape index (κ3) is 5.77. The molecule has 8 nitrogen and oxygen atoms in total. The summed E-state index contributed by atoms with van der Waals surface area (Å²) in [6.07, 6.45) is 0.812. The van der Waals surface area contributed by atoms with Crippen LogP contribution in [-0.4, -0.2) is 36.5 Å². The molecule has 1 atom stereocenters. The largest absolute Gasteiger partial charge is 0.497 e. The monoisotopic (exact) mass is 548 g/mol. The number of hydrogen-bond donors (Lipinski definition) is 4. The number of amides is 1. The zero-order valence-electron chi connectivity index (χ0n) is 23.0. The van der Waals surface area contributed by atoms with Crippen molar-refractivity contribution in [2.75, 3.05) is 18.6 Å². The molecule has 1 amide bonds. The number of benzene rings is 4. The average molecular weight is 549 g/mol. The first-order chi connectivity index (χ1) is 19.7. The van der Waals surface area contributed by atoms with E-state index in [1.54, 1.807) is 24.3 Å². The van der Waals surface area contributed by atoms with Gasteiger partial charge in [0.1, 0.15) is 11.6 Å². The summed E-state index contributed by atoms with van der Waals surface area (Å²) < 4.78 is 5.29. The lowest BCUT2D eigenvalue weighted by Gasteiger charge is -2.23. The molecule has 1 aliphatic rings. The first kappa shape index (κ1) is 27.5. The van der Waals surface area contributed by atoms with E-state index >= 15 is 0 Å². The number of nitrogens with zero attached hydrogens (tertiary/aromatic N) is 1. The number of nitrogens with one attached hydrogen (secondary N) is 2. The van der Waals surface area contributed by atoms with Crippen LogP contribution in [0.1, 0.15) is 55.9 Å². The van der Waals surface area contributed by atoms with Gasteiger partial charge in [0.15, 0.2) is 0 Å². The number of rotatable bonds is 9. The maximum atomic E-state index is 13.4. The van der Waals surface area contributed by atoms with E-state index in [0.29, 0.717) is 34.5 Å². The number of nitrogen functional groups attached to an aromatic ring is 1. The van der Waals surface area contributed by atoms with E-state index in [-0.39, 0.29) is 23.3 Å². The summed E-state index contributed by atoms with van der Waals surface area (Å²) in [4.78, 5) is 27.9. The summed E-state index contributed by atoms with van der Waals surface area (Å²) in [6.45, 7) is 3.20. The smallest absolute Gasteiger partial charge is 0.336 e. The lowest BCUT2D eigenvalue weighted by Crippen LogP contribution is -2.27. The van der Waals surface area contributed by atoms with Crippen LogP contribution in [0.2, 0.25) is 0 Å². The summed E-state index contributed by atoms with van der Waals surface area (Å²) in [5, 5.41) is 20.9.